The van der Waals surface area contributed by atoms with Crippen LogP contribution in [0.3, 0.4) is 0 Å². The van der Waals surface area contributed by atoms with E-state index in [1.165, 1.54) is 19.3 Å². The van der Waals surface area contributed by atoms with E-state index in [-0.39, 0.29) is 0 Å². The van der Waals surface area contributed by atoms with E-state index >= 15 is 0 Å². The molecule has 0 unspecified atom stereocenters. The summed E-state index contributed by atoms with van der Waals surface area (Å²) in [6.07, 6.45) is 3.74. The highest BCUT2D eigenvalue weighted by atomic mass is 15.3. The van der Waals surface area contributed by atoms with Gasteiger partial charge in [0.1, 0.15) is 0 Å². The molecular weight excluding hydrogens is 150 g/mol. The standard InChI is InChI=1S/C9H19N3/c1-3-7-12-8-5-4-6-11-9(12)10-2/h3-8H2,1-2H3,(H,10,11). The topological polar surface area (TPSA) is 27.6 Å². The van der Waals surface area contributed by atoms with Crippen LogP contribution >= 0.6 is 0 Å². The Bertz CT molecular complexity index is 154. The van der Waals surface area contributed by atoms with Gasteiger partial charge >= 0.3 is 0 Å². The smallest absolute Gasteiger partial charge is 0.193 e. The first kappa shape index (κ1) is 9.36. The van der Waals surface area contributed by atoms with Crippen LogP contribution < -0.4 is 5.32 Å². The molecule has 0 aromatic heterocycles. The van der Waals surface area contributed by atoms with Gasteiger partial charge in [0.25, 0.3) is 0 Å². The van der Waals surface area contributed by atoms with E-state index < -0.39 is 0 Å². The third kappa shape index (κ3) is 2.40. The number of aliphatic imine (C=N–C) groups is 1. The molecule has 1 aliphatic heterocycles. The molecule has 3 heteroatoms. The first-order valence-corrected chi connectivity index (χ1v) is 4.84. The van der Waals surface area contributed by atoms with Gasteiger partial charge in [0.15, 0.2) is 5.96 Å². The molecule has 70 valence electrons. The van der Waals surface area contributed by atoms with E-state index in [1.54, 1.807) is 0 Å². The molecule has 1 rings (SSSR count). The van der Waals surface area contributed by atoms with Gasteiger partial charge < -0.3 is 10.2 Å². The van der Waals surface area contributed by atoms with Crippen LogP contribution in [0.2, 0.25) is 0 Å². The molecule has 0 bridgehead atoms. The minimum atomic E-state index is 1.08. The number of hydrogen-bond acceptors (Lipinski definition) is 1. The molecule has 1 N–H and O–H groups in total. The summed E-state index contributed by atoms with van der Waals surface area (Å²) in [5.41, 5.74) is 0. The quantitative estimate of drug-likeness (QED) is 0.669. The summed E-state index contributed by atoms with van der Waals surface area (Å²) in [5.74, 6) is 1.08. The second-order valence-corrected chi connectivity index (χ2v) is 3.17. The number of rotatable bonds is 2. The van der Waals surface area contributed by atoms with E-state index in [0.29, 0.717) is 0 Å². The summed E-state index contributed by atoms with van der Waals surface area (Å²) in [5, 5.41) is 3.34. The average Bonchev–Trinajstić information content (AvgIpc) is 2.30. The third-order valence-electron chi connectivity index (χ3n) is 2.14. The predicted molar refractivity (Wildman–Crippen MR) is 52.5 cm³/mol. The molecule has 1 aliphatic rings. The third-order valence-corrected chi connectivity index (χ3v) is 2.14. The second-order valence-electron chi connectivity index (χ2n) is 3.17. The summed E-state index contributed by atoms with van der Waals surface area (Å²) in [6, 6.07) is 0. The monoisotopic (exact) mass is 169 g/mol. The summed E-state index contributed by atoms with van der Waals surface area (Å²) in [7, 11) is 1.86. The van der Waals surface area contributed by atoms with Gasteiger partial charge in [-0.3, -0.25) is 4.99 Å². The van der Waals surface area contributed by atoms with Crippen molar-refractivity contribution in [2.75, 3.05) is 26.7 Å². The lowest BCUT2D eigenvalue weighted by molar-refractivity contribution is 0.411. The van der Waals surface area contributed by atoms with Gasteiger partial charge in [-0.15, -0.1) is 0 Å². The molecule has 1 fully saturated rings. The molecule has 1 heterocycles. The van der Waals surface area contributed by atoms with Crippen molar-refractivity contribution >= 4 is 5.96 Å². The van der Waals surface area contributed by atoms with Gasteiger partial charge in [-0.05, 0) is 19.3 Å². The molecule has 0 amide bonds. The van der Waals surface area contributed by atoms with Gasteiger partial charge in [0.05, 0.1) is 0 Å². The molecule has 12 heavy (non-hydrogen) atoms. The maximum atomic E-state index is 4.24. The van der Waals surface area contributed by atoms with Crippen LogP contribution in [0.1, 0.15) is 26.2 Å². The zero-order chi connectivity index (χ0) is 8.81. The molecule has 0 aromatic carbocycles. The second kappa shape index (κ2) is 5.01. The molecule has 0 aromatic rings. The molecule has 0 radical (unpaired) electrons. The first-order chi connectivity index (χ1) is 5.88. The highest BCUT2D eigenvalue weighted by molar-refractivity contribution is 5.80. The Hall–Kier alpha value is -0.730. The van der Waals surface area contributed by atoms with E-state index in [2.05, 4.69) is 22.1 Å². The lowest BCUT2D eigenvalue weighted by Gasteiger charge is -2.22. The summed E-state index contributed by atoms with van der Waals surface area (Å²) in [6.45, 7) is 5.57. The maximum absolute atomic E-state index is 4.24. The number of guanidine groups is 1. The molecule has 0 saturated carbocycles. The predicted octanol–water partition coefficient (Wildman–Crippen LogP) is 1.07. The van der Waals surface area contributed by atoms with Gasteiger partial charge in [-0.2, -0.15) is 0 Å². The van der Waals surface area contributed by atoms with Crippen molar-refractivity contribution in [2.45, 2.75) is 26.2 Å². The van der Waals surface area contributed by atoms with E-state index in [0.717, 1.165) is 25.6 Å². The van der Waals surface area contributed by atoms with Gasteiger partial charge in [0.2, 0.25) is 0 Å². The molecule has 1 saturated heterocycles. The number of hydrogen-bond donors (Lipinski definition) is 1. The number of nitrogens with one attached hydrogen (secondary N) is 1. The van der Waals surface area contributed by atoms with Crippen LogP contribution in [-0.2, 0) is 0 Å². The molecular formula is C9H19N3. The van der Waals surface area contributed by atoms with Crippen molar-refractivity contribution in [3.8, 4) is 0 Å². The molecule has 0 aliphatic carbocycles. The van der Waals surface area contributed by atoms with Crippen molar-refractivity contribution < 1.29 is 0 Å². The van der Waals surface area contributed by atoms with Crippen LogP contribution in [-0.4, -0.2) is 37.5 Å². The largest absolute Gasteiger partial charge is 0.356 e. The Morgan fingerprint density at radius 3 is 3.00 bits per heavy atom. The van der Waals surface area contributed by atoms with Crippen molar-refractivity contribution in [1.82, 2.24) is 10.2 Å². The van der Waals surface area contributed by atoms with E-state index in [9.17, 15) is 0 Å². The molecule has 3 nitrogen and oxygen atoms in total. The average molecular weight is 169 g/mol. The highest BCUT2D eigenvalue weighted by Gasteiger charge is 2.11. The van der Waals surface area contributed by atoms with Crippen LogP contribution in [0, 0.1) is 0 Å². The van der Waals surface area contributed by atoms with Crippen LogP contribution in [0.5, 0.6) is 0 Å². The van der Waals surface area contributed by atoms with Gasteiger partial charge in [-0.25, -0.2) is 0 Å². The summed E-state index contributed by atoms with van der Waals surface area (Å²) >= 11 is 0. The molecule has 0 spiro atoms. The van der Waals surface area contributed by atoms with Crippen molar-refractivity contribution in [3.63, 3.8) is 0 Å². The van der Waals surface area contributed by atoms with Crippen molar-refractivity contribution in [3.05, 3.63) is 0 Å². The minimum Gasteiger partial charge on any atom is -0.356 e. The zero-order valence-corrected chi connectivity index (χ0v) is 8.14. The van der Waals surface area contributed by atoms with E-state index in [1.807, 2.05) is 7.05 Å². The normalized spacial score (nSPS) is 22.2. The fourth-order valence-corrected chi connectivity index (χ4v) is 1.55. The zero-order valence-electron chi connectivity index (χ0n) is 8.14. The Labute approximate surface area is 74.9 Å². The van der Waals surface area contributed by atoms with Gasteiger partial charge in [-0.1, -0.05) is 6.92 Å². The van der Waals surface area contributed by atoms with Crippen LogP contribution in [0.25, 0.3) is 0 Å². The first-order valence-electron chi connectivity index (χ1n) is 4.84. The maximum Gasteiger partial charge on any atom is 0.193 e. The van der Waals surface area contributed by atoms with Gasteiger partial charge in [0, 0.05) is 26.7 Å². The molecule has 0 atom stereocenters. The summed E-state index contributed by atoms with van der Waals surface area (Å²) in [4.78, 5) is 6.58. The fraction of sp³-hybridized carbons (Fsp3) is 0.889. The van der Waals surface area contributed by atoms with Crippen LogP contribution in [0.4, 0.5) is 0 Å². The Morgan fingerprint density at radius 1 is 1.50 bits per heavy atom. The van der Waals surface area contributed by atoms with Crippen molar-refractivity contribution in [2.24, 2.45) is 4.99 Å². The number of nitrogens with zero attached hydrogens (tertiary/aromatic N) is 2. The van der Waals surface area contributed by atoms with Crippen LogP contribution in [0.15, 0.2) is 4.99 Å². The summed E-state index contributed by atoms with van der Waals surface area (Å²) < 4.78 is 0. The van der Waals surface area contributed by atoms with E-state index in [4.69, 9.17) is 0 Å². The lowest BCUT2D eigenvalue weighted by Crippen LogP contribution is -2.40. The fourth-order valence-electron chi connectivity index (χ4n) is 1.55. The van der Waals surface area contributed by atoms with Crippen molar-refractivity contribution in [1.29, 1.82) is 0 Å². The Balaban J connectivity index is 2.52. The Kier molecular flexibility index (Phi) is 3.91. The minimum absolute atomic E-state index is 1.08. The lowest BCUT2D eigenvalue weighted by atomic mass is 10.3. The highest BCUT2D eigenvalue weighted by Crippen LogP contribution is 2.01. The SMILES string of the molecule is CCCN1CCCCNC1=NC. The Morgan fingerprint density at radius 2 is 2.33 bits per heavy atom.